The fraction of sp³-hybridized carbons (Fsp3) is 0.632. The Kier molecular flexibility index (Phi) is 15.2. The summed E-state index contributed by atoms with van der Waals surface area (Å²) < 4.78 is 0. The Morgan fingerprint density at radius 2 is 1.33 bits per heavy atom. The second kappa shape index (κ2) is 16.9. The highest BCUT2D eigenvalue weighted by atomic mass is 32.2. The third-order valence-electron chi connectivity index (χ3n) is 4.60. The Hall–Kier alpha value is -3.60. The predicted molar refractivity (Wildman–Crippen MR) is 132 cm³/mol. The molecule has 0 saturated heterocycles. The molecule has 16 nitrogen and oxygen atoms in total. The summed E-state index contributed by atoms with van der Waals surface area (Å²) in [6.45, 7) is 0.154. The van der Waals surface area contributed by atoms with Gasteiger partial charge in [0.15, 0.2) is 5.96 Å². The molecule has 0 fully saturated rings. The smallest absolute Gasteiger partial charge is 0.326 e. The van der Waals surface area contributed by atoms with E-state index in [4.69, 9.17) is 28.7 Å². The lowest BCUT2D eigenvalue weighted by Crippen LogP contribution is -2.58. The van der Waals surface area contributed by atoms with Crippen molar-refractivity contribution in [1.29, 1.82) is 0 Å². The second-order valence-corrected chi connectivity index (χ2v) is 8.69. The van der Waals surface area contributed by atoms with Crippen molar-refractivity contribution < 1.29 is 33.9 Å². The number of carbonyl (C=O) groups excluding carboxylic acids is 5. The van der Waals surface area contributed by atoms with Crippen molar-refractivity contribution in [2.45, 2.75) is 56.3 Å². The molecule has 0 aliphatic heterocycles. The second-order valence-electron chi connectivity index (χ2n) is 7.70. The fourth-order valence-electron chi connectivity index (χ4n) is 2.81. The number of hydrogen-bond acceptors (Lipinski definition) is 9. The topological polar surface area (TPSA) is 301 Å². The van der Waals surface area contributed by atoms with Crippen molar-refractivity contribution in [3.63, 3.8) is 0 Å². The monoisotopic (exact) mass is 533 g/mol. The third-order valence-corrected chi connectivity index (χ3v) is 5.24. The van der Waals surface area contributed by atoms with Crippen LogP contribution < -0.4 is 44.6 Å². The van der Waals surface area contributed by atoms with Gasteiger partial charge in [-0.1, -0.05) is 0 Å². The molecule has 17 heteroatoms. The van der Waals surface area contributed by atoms with Crippen LogP contribution in [0, 0.1) is 0 Å². The van der Waals surface area contributed by atoms with E-state index >= 15 is 0 Å². The van der Waals surface area contributed by atoms with Gasteiger partial charge < -0.3 is 49.7 Å². The Bertz CT molecular complexity index is 836. The summed E-state index contributed by atoms with van der Waals surface area (Å²) >= 11 is 1.37. The SMILES string of the molecule is CSCCC(NC(=O)C(CC(N)=O)NC(=O)C(N)CC(N)=O)C(=O)NC(CCCN=C(N)N)C(=O)O. The number of hydrogen-bond donors (Lipinski definition) is 9. The summed E-state index contributed by atoms with van der Waals surface area (Å²) in [5.41, 5.74) is 26.2. The first-order chi connectivity index (χ1) is 16.8. The summed E-state index contributed by atoms with van der Waals surface area (Å²) in [6, 6.07) is -5.37. The number of rotatable bonds is 18. The Labute approximate surface area is 211 Å². The summed E-state index contributed by atoms with van der Waals surface area (Å²) in [7, 11) is 0. The van der Waals surface area contributed by atoms with Crippen molar-refractivity contribution in [2.24, 2.45) is 33.7 Å². The van der Waals surface area contributed by atoms with Gasteiger partial charge in [0.2, 0.25) is 29.5 Å². The standard InChI is InChI=1S/C19H35N9O7S/c1-36-6-4-10(16(32)27-11(18(34)35)3-2-5-25-19(23)24)26-17(33)12(8-14(22)30)28-15(31)9(20)7-13(21)29/h9-12H,2-8,20H2,1H3,(H2,21,29)(H2,22,30)(H,26,33)(H,27,32)(H,28,31)(H,34,35)(H4,23,24,25). The van der Waals surface area contributed by atoms with Crippen LogP contribution in [0.25, 0.3) is 0 Å². The van der Waals surface area contributed by atoms with Gasteiger partial charge in [0.25, 0.3) is 0 Å². The first-order valence-corrected chi connectivity index (χ1v) is 12.2. The van der Waals surface area contributed by atoms with Crippen LogP contribution in [0.3, 0.4) is 0 Å². The van der Waals surface area contributed by atoms with E-state index in [1.807, 2.05) is 0 Å². The van der Waals surface area contributed by atoms with Crippen molar-refractivity contribution in [3.8, 4) is 0 Å². The lowest BCUT2D eigenvalue weighted by molar-refractivity contribution is -0.142. The molecule has 0 spiro atoms. The highest BCUT2D eigenvalue weighted by Gasteiger charge is 2.31. The zero-order valence-corrected chi connectivity index (χ0v) is 20.7. The lowest BCUT2D eigenvalue weighted by atomic mass is 10.1. The van der Waals surface area contributed by atoms with E-state index in [1.54, 1.807) is 6.26 Å². The van der Waals surface area contributed by atoms with Crippen LogP contribution in [0.2, 0.25) is 0 Å². The first kappa shape index (κ1) is 32.4. The summed E-state index contributed by atoms with van der Waals surface area (Å²) in [4.78, 5) is 75.6. The van der Waals surface area contributed by atoms with E-state index in [2.05, 4.69) is 20.9 Å². The van der Waals surface area contributed by atoms with Gasteiger partial charge in [0.1, 0.15) is 18.1 Å². The number of carboxylic acids is 1. The maximum Gasteiger partial charge on any atom is 0.326 e. The normalized spacial score (nSPS) is 13.8. The zero-order valence-electron chi connectivity index (χ0n) is 19.9. The van der Waals surface area contributed by atoms with Gasteiger partial charge in [-0.25, -0.2) is 4.79 Å². The minimum Gasteiger partial charge on any atom is -0.480 e. The molecule has 0 bridgehead atoms. The number of thioether (sulfide) groups is 1. The molecule has 0 rings (SSSR count). The van der Waals surface area contributed by atoms with Gasteiger partial charge >= 0.3 is 5.97 Å². The first-order valence-electron chi connectivity index (χ1n) is 10.8. The average Bonchev–Trinajstić information content (AvgIpc) is 2.76. The molecule has 0 radical (unpaired) electrons. The van der Waals surface area contributed by atoms with Crippen LogP contribution in [-0.4, -0.2) is 89.3 Å². The Morgan fingerprint density at radius 3 is 1.83 bits per heavy atom. The van der Waals surface area contributed by atoms with Crippen molar-refractivity contribution in [1.82, 2.24) is 16.0 Å². The summed E-state index contributed by atoms with van der Waals surface area (Å²) in [5.74, 6) is -5.49. The summed E-state index contributed by atoms with van der Waals surface area (Å²) in [5, 5.41) is 16.4. The molecule has 0 heterocycles. The zero-order chi connectivity index (χ0) is 27.8. The number of nitrogens with two attached hydrogens (primary N) is 5. The molecule has 0 aromatic rings. The maximum absolute atomic E-state index is 12.8. The maximum atomic E-state index is 12.8. The van der Waals surface area contributed by atoms with Gasteiger partial charge in [-0.3, -0.25) is 29.0 Å². The number of primary amides is 2. The molecular weight excluding hydrogens is 498 g/mol. The van der Waals surface area contributed by atoms with Crippen LogP contribution in [0.15, 0.2) is 4.99 Å². The average molecular weight is 534 g/mol. The largest absolute Gasteiger partial charge is 0.480 e. The van der Waals surface area contributed by atoms with Crippen LogP contribution in [0.1, 0.15) is 32.1 Å². The summed E-state index contributed by atoms with van der Waals surface area (Å²) in [6.07, 6.45) is 1.01. The minimum atomic E-state index is -1.51. The van der Waals surface area contributed by atoms with Crippen molar-refractivity contribution in [3.05, 3.63) is 0 Å². The van der Waals surface area contributed by atoms with Crippen molar-refractivity contribution >= 4 is 53.2 Å². The lowest BCUT2D eigenvalue weighted by Gasteiger charge is -2.24. The van der Waals surface area contributed by atoms with Crippen LogP contribution >= 0.6 is 11.8 Å². The number of nitrogens with zero attached hydrogens (tertiary/aromatic N) is 1. The van der Waals surface area contributed by atoms with Crippen molar-refractivity contribution in [2.75, 3.05) is 18.6 Å². The number of carboxylic acid groups (broad SMARTS) is 1. The highest BCUT2D eigenvalue weighted by Crippen LogP contribution is 2.06. The Balaban J connectivity index is 5.46. The fourth-order valence-corrected chi connectivity index (χ4v) is 3.28. The van der Waals surface area contributed by atoms with Gasteiger partial charge in [0.05, 0.1) is 18.9 Å². The van der Waals surface area contributed by atoms with E-state index in [-0.39, 0.29) is 31.8 Å². The number of aliphatic carboxylic acids is 1. The molecule has 0 aromatic carbocycles. The Morgan fingerprint density at radius 1 is 0.806 bits per heavy atom. The molecule has 0 saturated carbocycles. The molecule has 36 heavy (non-hydrogen) atoms. The molecule has 4 atom stereocenters. The highest BCUT2D eigenvalue weighted by molar-refractivity contribution is 7.98. The van der Waals surface area contributed by atoms with E-state index in [0.717, 1.165) is 0 Å². The van der Waals surface area contributed by atoms with Crippen LogP contribution in [0.4, 0.5) is 0 Å². The van der Waals surface area contributed by atoms with Gasteiger partial charge in [-0.05, 0) is 31.3 Å². The molecule has 0 aromatic heterocycles. The van der Waals surface area contributed by atoms with E-state index in [1.165, 1.54) is 11.8 Å². The van der Waals surface area contributed by atoms with E-state index in [0.29, 0.717) is 5.75 Å². The van der Waals surface area contributed by atoms with Gasteiger partial charge in [-0.2, -0.15) is 11.8 Å². The molecule has 14 N–H and O–H groups in total. The number of nitrogens with one attached hydrogen (secondary N) is 3. The van der Waals surface area contributed by atoms with E-state index < -0.39 is 72.5 Å². The predicted octanol–water partition coefficient (Wildman–Crippen LogP) is -4.59. The molecular formula is C19H35N9O7S. The molecule has 0 aliphatic rings. The molecule has 4 unspecified atom stereocenters. The number of amides is 5. The molecule has 204 valence electrons. The molecule has 5 amide bonds. The van der Waals surface area contributed by atoms with Gasteiger partial charge in [0, 0.05) is 6.54 Å². The quantitative estimate of drug-likeness (QED) is 0.0458. The molecule has 0 aliphatic carbocycles. The third kappa shape index (κ3) is 14.0. The van der Waals surface area contributed by atoms with Crippen LogP contribution in [-0.2, 0) is 28.8 Å². The number of aliphatic imine (C=N–C) groups is 1. The number of carbonyl (C=O) groups is 6. The minimum absolute atomic E-state index is 0.0131. The van der Waals surface area contributed by atoms with Gasteiger partial charge in [-0.15, -0.1) is 0 Å². The van der Waals surface area contributed by atoms with Crippen LogP contribution in [0.5, 0.6) is 0 Å². The number of guanidine groups is 1. The van der Waals surface area contributed by atoms with E-state index in [9.17, 15) is 33.9 Å².